The number of halogens is 1. The van der Waals surface area contributed by atoms with Crippen LogP contribution >= 0.6 is 11.6 Å². The number of rotatable bonds is 6. The third-order valence-corrected chi connectivity index (χ3v) is 4.81. The van der Waals surface area contributed by atoms with Gasteiger partial charge in [0.05, 0.1) is 18.1 Å². The summed E-state index contributed by atoms with van der Waals surface area (Å²) in [6.07, 6.45) is 2.12. The van der Waals surface area contributed by atoms with Gasteiger partial charge in [-0.3, -0.25) is 4.79 Å². The number of phenols is 1. The number of phenolic OH excluding ortho intramolecular Hbond substituents is 1. The van der Waals surface area contributed by atoms with Crippen LogP contribution < -0.4 is 5.32 Å². The van der Waals surface area contributed by atoms with Crippen LogP contribution in [0.15, 0.2) is 48.5 Å². The summed E-state index contributed by atoms with van der Waals surface area (Å²) >= 11 is 5.92. The second kappa shape index (κ2) is 6.83. The van der Waals surface area contributed by atoms with E-state index in [1.165, 1.54) is 0 Å². The average Bonchev–Trinajstić information content (AvgIpc) is 3.38. The maximum atomic E-state index is 12.7. The van der Waals surface area contributed by atoms with Crippen LogP contribution in [0.5, 0.6) is 5.75 Å². The lowest BCUT2D eigenvalue weighted by Gasteiger charge is -2.21. The van der Waals surface area contributed by atoms with Gasteiger partial charge >= 0.3 is 0 Å². The fraction of sp³-hybridized carbons (Fsp3) is 0.316. The minimum atomic E-state index is -0.493. The number of carbonyl (C=O) groups is 1. The fourth-order valence-corrected chi connectivity index (χ4v) is 3.07. The predicted octanol–water partition coefficient (Wildman–Crippen LogP) is 2.80. The van der Waals surface area contributed by atoms with Crippen LogP contribution in [0.25, 0.3) is 0 Å². The lowest BCUT2D eigenvalue weighted by molar-refractivity contribution is -0.124. The van der Waals surface area contributed by atoms with Gasteiger partial charge in [0.1, 0.15) is 5.75 Å². The molecule has 3 rings (SSSR count). The molecular formula is C19H20ClNO3. The number of hydrogen-bond donors (Lipinski definition) is 3. The van der Waals surface area contributed by atoms with Crippen molar-refractivity contribution in [3.05, 3.63) is 64.7 Å². The molecule has 24 heavy (non-hydrogen) atoms. The van der Waals surface area contributed by atoms with Crippen molar-refractivity contribution >= 4 is 17.5 Å². The maximum Gasteiger partial charge on any atom is 0.230 e. The first-order valence-corrected chi connectivity index (χ1v) is 8.37. The molecule has 0 radical (unpaired) electrons. The molecule has 1 unspecified atom stereocenters. The van der Waals surface area contributed by atoms with Gasteiger partial charge in [0.25, 0.3) is 0 Å². The molecule has 1 amide bonds. The molecule has 126 valence electrons. The molecule has 3 N–H and O–H groups in total. The molecule has 5 heteroatoms. The van der Waals surface area contributed by atoms with E-state index in [1.807, 2.05) is 12.1 Å². The third kappa shape index (κ3) is 3.55. The number of nitrogens with one attached hydrogen (secondary N) is 1. The van der Waals surface area contributed by atoms with E-state index in [0.717, 1.165) is 24.0 Å². The SMILES string of the molecule is O=C(NC(CO)Cc1ccc(O)cc1)C1(c2ccc(Cl)cc2)CC1. The Balaban J connectivity index is 1.68. The zero-order chi connectivity index (χ0) is 17.2. The number of aliphatic hydroxyl groups is 1. The smallest absolute Gasteiger partial charge is 0.230 e. The Morgan fingerprint density at radius 2 is 1.75 bits per heavy atom. The van der Waals surface area contributed by atoms with Crippen LogP contribution in [0.4, 0.5) is 0 Å². The summed E-state index contributed by atoms with van der Waals surface area (Å²) in [6.45, 7) is -0.136. The molecule has 1 aliphatic rings. The van der Waals surface area contributed by atoms with Crippen LogP contribution in [0.3, 0.4) is 0 Å². The van der Waals surface area contributed by atoms with Gasteiger partial charge in [0, 0.05) is 5.02 Å². The summed E-state index contributed by atoms with van der Waals surface area (Å²) in [7, 11) is 0. The molecule has 0 bridgehead atoms. The van der Waals surface area contributed by atoms with Crippen molar-refractivity contribution in [1.29, 1.82) is 0 Å². The monoisotopic (exact) mass is 345 g/mol. The highest BCUT2D eigenvalue weighted by Gasteiger charge is 2.51. The van der Waals surface area contributed by atoms with E-state index in [2.05, 4.69) is 5.32 Å². The van der Waals surface area contributed by atoms with E-state index in [9.17, 15) is 15.0 Å². The van der Waals surface area contributed by atoms with E-state index >= 15 is 0 Å². The summed E-state index contributed by atoms with van der Waals surface area (Å²) in [5.41, 5.74) is 1.42. The first-order chi connectivity index (χ1) is 11.5. The van der Waals surface area contributed by atoms with E-state index < -0.39 is 5.41 Å². The summed E-state index contributed by atoms with van der Waals surface area (Å²) in [6, 6.07) is 13.8. The highest BCUT2D eigenvalue weighted by Crippen LogP contribution is 2.48. The van der Waals surface area contributed by atoms with Gasteiger partial charge in [-0.2, -0.15) is 0 Å². The first-order valence-electron chi connectivity index (χ1n) is 7.99. The Morgan fingerprint density at radius 1 is 1.12 bits per heavy atom. The zero-order valence-electron chi connectivity index (χ0n) is 13.2. The molecule has 1 atom stereocenters. The number of aliphatic hydroxyl groups excluding tert-OH is 1. The highest BCUT2D eigenvalue weighted by molar-refractivity contribution is 6.30. The van der Waals surface area contributed by atoms with Crippen LogP contribution in [0.1, 0.15) is 24.0 Å². The molecule has 0 spiro atoms. The van der Waals surface area contributed by atoms with Gasteiger partial charge in [0.15, 0.2) is 0 Å². The number of benzene rings is 2. The molecule has 1 saturated carbocycles. The van der Waals surface area contributed by atoms with Gasteiger partial charge in [-0.1, -0.05) is 35.9 Å². The van der Waals surface area contributed by atoms with Crippen LogP contribution in [0, 0.1) is 0 Å². The van der Waals surface area contributed by atoms with Crippen molar-refractivity contribution in [2.45, 2.75) is 30.7 Å². The van der Waals surface area contributed by atoms with Gasteiger partial charge in [-0.05, 0) is 54.7 Å². The largest absolute Gasteiger partial charge is 0.508 e. The topological polar surface area (TPSA) is 69.6 Å². The van der Waals surface area contributed by atoms with Gasteiger partial charge in [-0.15, -0.1) is 0 Å². The zero-order valence-corrected chi connectivity index (χ0v) is 14.0. The molecule has 0 aliphatic heterocycles. The van der Waals surface area contributed by atoms with Gasteiger partial charge < -0.3 is 15.5 Å². The minimum Gasteiger partial charge on any atom is -0.508 e. The Hall–Kier alpha value is -2.04. The minimum absolute atomic E-state index is 0.0531. The Morgan fingerprint density at radius 3 is 2.29 bits per heavy atom. The number of aromatic hydroxyl groups is 1. The van der Waals surface area contributed by atoms with Crippen molar-refractivity contribution in [2.75, 3.05) is 6.61 Å². The summed E-state index contributed by atoms with van der Waals surface area (Å²) < 4.78 is 0. The van der Waals surface area contributed by atoms with Crippen molar-refractivity contribution in [3.8, 4) is 5.75 Å². The van der Waals surface area contributed by atoms with Crippen LogP contribution in [0.2, 0.25) is 5.02 Å². The first kappa shape index (κ1) is 16.8. The van der Waals surface area contributed by atoms with Crippen molar-refractivity contribution in [1.82, 2.24) is 5.32 Å². The van der Waals surface area contributed by atoms with Crippen molar-refractivity contribution in [2.24, 2.45) is 0 Å². The normalized spacial score (nSPS) is 16.4. The summed E-state index contributed by atoms with van der Waals surface area (Å²) in [4.78, 5) is 12.7. The Labute approximate surface area is 146 Å². The molecule has 1 fully saturated rings. The van der Waals surface area contributed by atoms with Crippen molar-refractivity contribution < 1.29 is 15.0 Å². The number of hydrogen-bond acceptors (Lipinski definition) is 3. The molecule has 2 aromatic rings. The standard InChI is InChI=1S/C19H20ClNO3/c20-15-5-3-14(4-6-15)19(9-10-19)18(24)21-16(12-22)11-13-1-7-17(23)8-2-13/h1-8,16,22-23H,9-12H2,(H,21,24). The predicted molar refractivity (Wildman–Crippen MR) is 93.2 cm³/mol. The van der Waals surface area contributed by atoms with Crippen LogP contribution in [-0.4, -0.2) is 28.8 Å². The van der Waals surface area contributed by atoms with E-state index in [4.69, 9.17) is 11.6 Å². The van der Waals surface area contributed by atoms with E-state index in [-0.39, 0.29) is 24.3 Å². The lowest BCUT2D eigenvalue weighted by Crippen LogP contribution is -2.44. The maximum absolute atomic E-state index is 12.7. The molecule has 4 nitrogen and oxygen atoms in total. The quantitative estimate of drug-likeness (QED) is 0.754. The molecular weight excluding hydrogens is 326 g/mol. The molecule has 0 aromatic heterocycles. The van der Waals surface area contributed by atoms with Crippen LogP contribution in [-0.2, 0) is 16.6 Å². The van der Waals surface area contributed by atoms with Gasteiger partial charge in [-0.25, -0.2) is 0 Å². The van der Waals surface area contributed by atoms with E-state index in [1.54, 1.807) is 36.4 Å². The van der Waals surface area contributed by atoms with Crippen molar-refractivity contribution in [3.63, 3.8) is 0 Å². The molecule has 1 aliphatic carbocycles. The molecule has 0 saturated heterocycles. The summed E-state index contributed by atoms with van der Waals surface area (Å²) in [5, 5.41) is 22.5. The second-order valence-corrected chi connectivity index (χ2v) is 6.75. The Bertz CT molecular complexity index is 708. The average molecular weight is 346 g/mol. The molecule has 0 heterocycles. The molecule has 2 aromatic carbocycles. The fourth-order valence-electron chi connectivity index (χ4n) is 2.94. The van der Waals surface area contributed by atoms with Gasteiger partial charge in [0.2, 0.25) is 5.91 Å². The summed E-state index contributed by atoms with van der Waals surface area (Å²) in [5.74, 6) is 0.144. The second-order valence-electron chi connectivity index (χ2n) is 6.31. The Kier molecular flexibility index (Phi) is 4.78. The number of amides is 1. The lowest BCUT2D eigenvalue weighted by atomic mass is 9.94. The third-order valence-electron chi connectivity index (χ3n) is 4.56. The highest BCUT2D eigenvalue weighted by atomic mass is 35.5. The van der Waals surface area contributed by atoms with E-state index in [0.29, 0.717) is 11.4 Å². The number of carbonyl (C=O) groups excluding carboxylic acids is 1.